The molecule has 0 aliphatic carbocycles. The molecule has 3 rings (SSSR count). The molecular formula is C21H26N4O. The van der Waals surface area contributed by atoms with Crippen molar-refractivity contribution in [3.05, 3.63) is 48.0 Å². The predicted molar refractivity (Wildman–Crippen MR) is 107 cm³/mol. The first-order chi connectivity index (χ1) is 12.4. The number of hydrogen-bond acceptors (Lipinski definition) is 5. The fourth-order valence-corrected chi connectivity index (χ4v) is 3.08. The van der Waals surface area contributed by atoms with Crippen molar-refractivity contribution in [2.45, 2.75) is 33.2 Å². The van der Waals surface area contributed by atoms with Crippen LogP contribution in [0.3, 0.4) is 0 Å². The van der Waals surface area contributed by atoms with Crippen LogP contribution in [-0.4, -0.2) is 27.7 Å². The number of aryl methyl sites for hydroxylation is 1. The number of nitrogens with zero attached hydrogens (tertiary/aromatic N) is 2. The van der Waals surface area contributed by atoms with Crippen molar-refractivity contribution in [1.29, 1.82) is 0 Å². The van der Waals surface area contributed by atoms with Crippen LogP contribution >= 0.6 is 0 Å². The van der Waals surface area contributed by atoms with Gasteiger partial charge in [0.2, 0.25) is 0 Å². The molecule has 1 heterocycles. The summed E-state index contributed by atoms with van der Waals surface area (Å²) < 4.78 is 0. The summed E-state index contributed by atoms with van der Waals surface area (Å²) in [5, 5.41) is 14.5. The number of phenolic OH excluding ortho intramolecular Hbond substituents is 1. The van der Waals surface area contributed by atoms with Gasteiger partial charge < -0.3 is 16.2 Å². The lowest BCUT2D eigenvalue weighted by molar-refractivity contribution is 0.477. The number of aromatic nitrogens is 2. The van der Waals surface area contributed by atoms with Crippen molar-refractivity contribution in [3.8, 4) is 17.1 Å². The summed E-state index contributed by atoms with van der Waals surface area (Å²) >= 11 is 0. The zero-order valence-corrected chi connectivity index (χ0v) is 15.5. The molecule has 1 unspecified atom stereocenters. The van der Waals surface area contributed by atoms with E-state index in [1.54, 1.807) is 12.1 Å². The quantitative estimate of drug-likeness (QED) is 0.623. The third-order valence-corrected chi connectivity index (χ3v) is 4.30. The molecule has 0 aliphatic rings. The van der Waals surface area contributed by atoms with Gasteiger partial charge >= 0.3 is 0 Å². The molecule has 0 fully saturated rings. The molecule has 0 radical (unpaired) electrons. The molecule has 5 nitrogen and oxygen atoms in total. The third kappa shape index (κ3) is 4.11. The second-order valence-corrected chi connectivity index (χ2v) is 7.20. The van der Waals surface area contributed by atoms with E-state index in [1.807, 2.05) is 31.2 Å². The number of nitrogens with one attached hydrogen (secondary N) is 1. The van der Waals surface area contributed by atoms with Crippen LogP contribution in [0.4, 0.5) is 5.82 Å². The molecule has 5 heteroatoms. The summed E-state index contributed by atoms with van der Waals surface area (Å²) in [6.45, 7) is 7.02. The fourth-order valence-electron chi connectivity index (χ4n) is 3.08. The van der Waals surface area contributed by atoms with E-state index in [9.17, 15) is 5.11 Å². The summed E-state index contributed by atoms with van der Waals surface area (Å²) in [5.41, 5.74) is 8.82. The van der Waals surface area contributed by atoms with E-state index in [2.05, 4.69) is 35.2 Å². The minimum atomic E-state index is 0.0541. The fraction of sp³-hybridized carbons (Fsp3) is 0.333. The topological polar surface area (TPSA) is 84.1 Å². The van der Waals surface area contributed by atoms with E-state index < -0.39 is 0 Å². The van der Waals surface area contributed by atoms with Gasteiger partial charge in [0, 0.05) is 18.0 Å². The van der Waals surface area contributed by atoms with E-state index >= 15 is 0 Å². The summed E-state index contributed by atoms with van der Waals surface area (Å²) in [5.74, 6) is 1.96. The smallest absolute Gasteiger partial charge is 0.165 e. The van der Waals surface area contributed by atoms with Gasteiger partial charge in [0.05, 0.1) is 11.1 Å². The second-order valence-electron chi connectivity index (χ2n) is 7.20. The van der Waals surface area contributed by atoms with Gasteiger partial charge in [-0.15, -0.1) is 0 Å². The molecule has 0 saturated heterocycles. The molecule has 0 saturated carbocycles. The Labute approximate surface area is 154 Å². The Morgan fingerprint density at radius 3 is 2.62 bits per heavy atom. The van der Waals surface area contributed by atoms with Crippen molar-refractivity contribution >= 4 is 16.7 Å². The zero-order chi connectivity index (χ0) is 18.7. The maximum atomic E-state index is 10.2. The molecule has 0 aliphatic heterocycles. The van der Waals surface area contributed by atoms with Gasteiger partial charge in [-0.25, -0.2) is 9.97 Å². The van der Waals surface area contributed by atoms with Crippen molar-refractivity contribution in [1.82, 2.24) is 9.97 Å². The van der Waals surface area contributed by atoms with Gasteiger partial charge in [0.15, 0.2) is 5.82 Å². The Kier molecular flexibility index (Phi) is 5.38. The number of para-hydroxylation sites is 1. The molecule has 4 N–H and O–H groups in total. The molecule has 26 heavy (non-hydrogen) atoms. The van der Waals surface area contributed by atoms with Gasteiger partial charge in [-0.2, -0.15) is 0 Å². The van der Waals surface area contributed by atoms with E-state index in [0.29, 0.717) is 23.9 Å². The lowest BCUT2D eigenvalue weighted by Gasteiger charge is -2.17. The highest BCUT2D eigenvalue weighted by molar-refractivity contribution is 5.91. The Bertz CT molecular complexity index is 908. The summed E-state index contributed by atoms with van der Waals surface area (Å²) in [6.07, 6.45) is 0.946. The van der Waals surface area contributed by atoms with E-state index in [-0.39, 0.29) is 11.8 Å². The van der Waals surface area contributed by atoms with Crippen molar-refractivity contribution in [2.75, 3.05) is 11.9 Å². The lowest BCUT2D eigenvalue weighted by Crippen LogP contribution is -2.30. The van der Waals surface area contributed by atoms with Gasteiger partial charge in [-0.3, -0.25) is 0 Å². The highest BCUT2D eigenvalue weighted by Crippen LogP contribution is 2.30. The first-order valence-electron chi connectivity index (χ1n) is 9.00. The molecule has 1 aromatic heterocycles. The van der Waals surface area contributed by atoms with Gasteiger partial charge in [-0.1, -0.05) is 37.6 Å². The van der Waals surface area contributed by atoms with Crippen LogP contribution in [0.2, 0.25) is 0 Å². The summed E-state index contributed by atoms with van der Waals surface area (Å²) in [4.78, 5) is 9.33. The van der Waals surface area contributed by atoms with Crippen LogP contribution in [0.5, 0.6) is 5.75 Å². The number of phenols is 1. The molecule has 2 aromatic carbocycles. The maximum absolute atomic E-state index is 10.2. The highest BCUT2D eigenvalue weighted by Gasteiger charge is 2.13. The van der Waals surface area contributed by atoms with E-state index in [1.165, 1.54) is 0 Å². The average molecular weight is 350 g/mol. The van der Waals surface area contributed by atoms with E-state index in [0.717, 1.165) is 28.7 Å². The molecular weight excluding hydrogens is 324 g/mol. The number of nitrogens with two attached hydrogens (primary N) is 1. The van der Waals surface area contributed by atoms with Gasteiger partial charge in [0.1, 0.15) is 11.6 Å². The van der Waals surface area contributed by atoms with Crippen molar-refractivity contribution in [3.63, 3.8) is 0 Å². The zero-order valence-electron chi connectivity index (χ0n) is 15.5. The standard InChI is InChI=1S/C21H26N4O/c1-13(2)10-15(22)12-23-20-17-11-14(3)8-9-18(17)24-21(25-20)16-6-4-5-7-19(16)26/h4-9,11,13,15,26H,10,12,22H2,1-3H3,(H,23,24,25). The predicted octanol–water partition coefficient (Wildman–Crippen LogP) is 4.10. The van der Waals surface area contributed by atoms with Crippen molar-refractivity contribution in [2.24, 2.45) is 11.7 Å². The average Bonchev–Trinajstić information content (AvgIpc) is 2.59. The first kappa shape index (κ1) is 18.1. The van der Waals surface area contributed by atoms with Crippen molar-refractivity contribution < 1.29 is 5.11 Å². The minimum absolute atomic E-state index is 0.0541. The Morgan fingerprint density at radius 1 is 1.12 bits per heavy atom. The molecule has 1 atom stereocenters. The number of hydrogen-bond donors (Lipinski definition) is 3. The van der Waals surface area contributed by atoms with Crippen LogP contribution in [0.25, 0.3) is 22.3 Å². The molecule has 0 amide bonds. The molecule has 3 aromatic rings. The van der Waals surface area contributed by atoms with E-state index in [4.69, 9.17) is 5.73 Å². The number of anilines is 1. The summed E-state index contributed by atoms with van der Waals surface area (Å²) in [6, 6.07) is 13.2. The third-order valence-electron chi connectivity index (χ3n) is 4.30. The Hall–Kier alpha value is -2.66. The number of benzene rings is 2. The summed E-state index contributed by atoms with van der Waals surface area (Å²) in [7, 11) is 0. The van der Waals surface area contributed by atoms with Gasteiger partial charge in [-0.05, 0) is 43.5 Å². The lowest BCUT2D eigenvalue weighted by atomic mass is 10.0. The maximum Gasteiger partial charge on any atom is 0.165 e. The Morgan fingerprint density at radius 2 is 1.88 bits per heavy atom. The normalized spacial score (nSPS) is 12.5. The highest BCUT2D eigenvalue weighted by atomic mass is 16.3. The SMILES string of the molecule is Cc1ccc2nc(-c3ccccc3O)nc(NCC(N)CC(C)C)c2c1. The van der Waals surface area contributed by atoms with Crippen LogP contribution in [0.15, 0.2) is 42.5 Å². The molecule has 136 valence electrons. The van der Waals surface area contributed by atoms with Crippen LogP contribution in [-0.2, 0) is 0 Å². The minimum Gasteiger partial charge on any atom is -0.507 e. The van der Waals surface area contributed by atoms with Crippen LogP contribution in [0.1, 0.15) is 25.8 Å². The monoisotopic (exact) mass is 350 g/mol. The molecule has 0 spiro atoms. The second kappa shape index (κ2) is 7.70. The number of fused-ring (bicyclic) bond motifs is 1. The number of rotatable bonds is 6. The van der Waals surface area contributed by atoms with Gasteiger partial charge in [0.25, 0.3) is 0 Å². The molecule has 0 bridgehead atoms. The first-order valence-corrected chi connectivity index (χ1v) is 9.00. The Balaban J connectivity index is 2.01. The number of aromatic hydroxyl groups is 1. The van der Waals surface area contributed by atoms with Crippen LogP contribution < -0.4 is 11.1 Å². The largest absolute Gasteiger partial charge is 0.507 e. The van der Waals surface area contributed by atoms with Crippen LogP contribution in [0, 0.1) is 12.8 Å².